The van der Waals surface area contributed by atoms with E-state index < -0.39 is 46.2 Å². The largest absolute Gasteiger partial charge is 0.478 e. The average molecular weight is 465 g/mol. The van der Waals surface area contributed by atoms with Gasteiger partial charge in [0.25, 0.3) is 0 Å². The first kappa shape index (κ1) is 22.4. The van der Waals surface area contributed by atoms with Crippen LogP contribution in [0.25, 0.3) is 11.1 Å². The molecule has 0 unspecified atom stereocenters. The number of alkyl halides is 3. The summed E-state index contributed by atoms with van der Waals surface area (Å²) >= 11 is 0. The Hall–Kier alpha value is -3.76. The number of carboxylic acids is 1. The van der Waals surface area contributed by atoms with Gasteiger partial charge in [0.1, 0.15) is 11.6 Å². The number of hydrogen-bond donors (Lipinski definition) is 2. The SMILES string of the molecule is Cn1cc(-c2c(F)cc(NC(=O)C3(c4ccc(C(F)(F)F)cc4F)CC3)cc2C(=O)O)cn1. The van der Waals surface area contributed by atoms with Crippen LogP contribution in [-0.2, 0) is 23.4 Å². The summed E-state index contributed by atoms with van der Waals surface area (Å²) < 4.78 is 69.1. The molecule has 11 heteroatoms. The van der Waals surface area contributed by atoms with Gasteiger partial charge in [-0.1, -0.05) is 6.07 Å². The highest BCUT2D eigenvalue weighted by molar-refractivity contribution is 6.03. The summed E-state index contributed by atoms with van der Waals surface area (Å²) in [6, 6.07) is 3.92. The minimum absolute atomic E-state index is 0.170. The lowest BCUT2D eigenvalue weighted by atomic mass is 9.93. The number of hydrogen-bond acceptors (Lipinski definition) is 3. The van der Waals surface area contributed by atoms with Crippen LogP contribution in [0.5, 0.6) is 0 Å². The van der Waals surface area contributed by atoms with E-state index in [1.165, 1.54) is 17.1 Å². The quantitative estimate of drug-likeness (QED) is 0.533. The number of benzene rings is 2. The van der Waals surface area contributed by atoms with Gasteiger partial charge in [0.2, 0.25) is 5.91 Å². The average Bonchev–Trinajstić information content (AvgIpc) is 3.42. The maximum Gasteiger partial charge on any atom is 0.416 e. The van der Waals surface area contributed by atoms with Crippen LogP contribution in [-0.4, -0.2) is 26.8 Å². The van der Waals surface area contributed by atoms with Gasteiger partial charge in [-0.3, -0.25) is 9.48 Å². The Labute approximate surface area is 183 Å². The molecule has 0 bridgehead atoms. The number of aromatic nitrogens is 2. The van der Waals surface area contributed by atoms with Crippen molar-refractivity contribution in [3.8, 4) is 11.1 Å². The number of anilines is 1. The molecular weight excluding hydrogens is 449 g/mol. The third-order valence-corrected chi connectivity index (χ3v) is 5.57. The summed E-state index contributed by atoms with van der Waals surface area (Å²) in [6.45, 7) is 0. The smallest absolute Gasteiger partial charge is 0.416 e. The number of rotatable bonds is 5. The molecule has 0 atom stereocenters. The molecule has 1 heterocycles. The molecule has 172 valence electrons. The van der Waals surface area contributed by atoms with Crippen LogP contribution in [0.1, 0.15) is 34.3 Å². The lowest BCUT2D eigenvalue weighted by Crippen LogP contribution is -2.29. The summed E-state index contributed by atoms with van der Waals surface area (Å²) in [5, 5.41) is 15.8. The molecule has 0 spiro atoms. The van der Waals surface area contributed by atoms with Gasteiger partial charge in [0.15, 0.2) is 0 Å². The third kappa shape index (κ3) is 4.06. The first-order valence-electron chi connectivity index (χ1n) is 9.67. The number of aryl methyl sites for hydroxylation is 1. The van der Waals surface area contributed by atoms with Crippen LogP contribution in [0, 0.1) is 11.6 Å². The number of carbonyl (C=O) groups is 2. The van der Waals surface area contributed by atoms with E-state index in [0.29, 0.717) is 12.1 Å². The second-order valence-corrected chi connectivity index (χ2v) is 7.82. The zero-order valence-corrected chi connectivity index (χ0v) is 17.0. The third-order valence-electron chi connectivity index (χ3n) is 5.57. The van der Waals surface area contributed by atoms with Crippen molar-refractivity contribution in [1.29, 1.82) is 0 Å². The minimum Gasteiger partial charge on any atom is -0.478 e. The van der Waals surface area contributed by atoms with E-state index in [2.05, 4.69) is 10.4 Å². The van der Waals surface area contributed by atoms with E-state index in [1.807, 2.05) is 0 Å². The molecule has 2 N–H and O–H groups in total. The Morgan fingerprint density at radius 1 is 1.12 bits per heavy atom. The summed E-state index contributed by atoms with van der Waals surface area (Å²) in [5.41, 5.74) is -3.42. The molecule has 0 saturated heterocycles. The predicted molar refractivity (Wildman–Crippen MR) is 107 cm³/mol. The van der Waals surface area contributed by atoms with Crippen LogP contribution < -0.4 is 5.32 Å². The fourth-order valence-electron chi connectivity index (χ4n) is 3.77. The van der Waals surface area contributed by atoms with Gasteiger partial charge < -0.3 is 10.4 Å². The van der Waals surface area contributed by atoms with E-state index in [4.69, 9.17) is 0 Å². The van der Waals surface area contributed by atoms with Crippen LogP contribution >= 0.6 is 0 Å². The maximum atomic E-state index is 14.9. The highest BCUT2D eigenvalue weighted by atomic mass is 19.4. The standard InChI is InChI=1S/C22H16F5N3O3/c1-30-10-11(9-28-30)18-14(19(31)32)7-13(8-17(18)24)29-20(33)21(4-5-21)15-3-2-12(6-16(15)23)22(25,26)27/h2-3,6-10H,4-5H2,1H3,(H,29,33)(H,31,32). The van der Waals surface area contributed by atoms with Gasteiger partial charge in [-0.05, 0) is 37.1 Å². The van der Waals surface area contributed by atoms with Crippen molar-refractivity contribution < 1.29 is 36.6 Å². The highest BCUT2D eigenvalue weighted by Gasteiger charge is 2.53. The van der Waals surface area contributed by atoms with Crippen molar-refractivity contribution in [3.05, 3.63) is 71.1 Å². The fourth-order valence-corrected chi connectivity index (χ4v) is 3.77. The van der Waals surface area contributed by atoms with Crippen molar-refractivity contribution >= 4 is 17.6 Å². The molecule has 0 aliphatic heterocycles. The van der Waals surface area contributed by atoms with Gasteiger partial charge in [-0.15, -0.1) is 0 Å². The summed E-state index contributed by atoms with van der Waals surface area (Å²) in [6.07, 6.45) is -1.68. The first-order valence-corrected chi connectivity index (χ1v) is 9.67. The maximum absolute atomic E-state index is 14.9. The second kappa shape index (κ2) is 7.68. The van der Waals surface area contributed by atoms with Gasteiger partial charge >= 0.3 is 12.1 Å². The summed E-state index contributed by atoms with van der Waals surface area (Å²) in [4.78, 5) is 24.6. The second-order valence-electron chi connectivity index (χ2n) is 7.82. The zero-order chi connectivity index (χ0) is 24.1. The number of halogens is 5. The van der Waals surface area contributed by atoms with Gasteiger partial charge in [-0.2, -0.15) is 18.3 Å². The summed E-state index contributed by atoms with van der Waals surface area (Å²) in [7, 11) is 1.58. The van der Waals surface area contributed by atoms with Crippen LogP contribution in [0.4, 0.5) is 27.6 Å². The number of carboxylic acid groups (broad SMARTS) is 1. The van der Waals surface area contributed by atoms with E-state index in [0.717, 1.165) is 18.2 Å². The van der Waals surface area contributed by atoms with Crippen molar-refractivity contribution in [3.63, 3.8) is 0 Å². The van der Waals surface area contributed by atoms with Crippen LogP contribution in [0.3, 0.4) is 0 Å². The van der Waals surface area contributed by atoms with Crippen molar-refractivity contribution in [2.24, 2.45) is 7.05 Å². The molecular formula is C22H16F5N3O3. The van der Waals surface area contributed by atoms with Crippen molar-refractivity contribution in [1.82, 2.24) is 9.78 Å². The Kier molecular flexibility index (Phi) is 5.22. The van der Waals surface area contributed by atoms with Crippen molar-refractivity contribution in [2.75, 3.05) is 5.32 Å². The normalized spacial score (nSPS) is 14.7. The van der Waals surface area contributed by atoms with E-state index in [-0.39, 0.29) is 35.2 Å². The fraction of sp³-hybridized carbons (Fsp3) is 0.227. The van der Waals surface area contributed by atoms with Crippen LogP contribution in [0.2, 0.25) is 0 Å². The predicted octanol–water partition coefficient (Wildman–Crippen LogP) is 4.75. The number of nitrogens with zero attached hydrogens (tertiary/aromatic N) is 2. The van der Waals surface area contributed by atoms with Gasteiger partial charge in [0.05, 0.1) is 22.7 Å². The Morgan fingerprint density at radius 3 is 2.33 bits per heavy atom. The molecule has 1 saturated carbocycles. The number of aromatic carboxylic acids is 1. The lowest BCUT2D eigenvalue weighted by molar-refractivity contribution is -0.137. The zero-order valence-electron chi connectivity index (χ0n) is 17.0. The Morgan fingerprint density at radius 2 is 1.82 bits per heavy atom. The molecule has 1 aliphatic rings. The van der Waals surface area contributed by atoms with Gasteiger partial charge in [-0.25, -0.2) is 13.6 Å². The molecule has 4 rings (SSSR count). The molecule has 33 heavy (non-hydrogen) atoms. The molecule has 1 amide bonds. The Balaban J connectivity index is 1.66. The van der Waals surface area contributed by atoms with Crippen LogP contribution in [0.15, 0.2) is 42.7 Å². The minimum atomic E-state index is -4.74. The van der Waals surface area contributed by atoms with E-state index in [1.54, 1.807) is 7.05 Å². The molecule has 0 radical (unpaired) electrons. The molecule has 6 nitrogen and oxygen atoms in total. The molecule has 1 aliphatic carbocycles. The van der Waals surface area contributed by atoms with E-state index >= 15 is 0 Å². The number of carbonyl (C=O) groups excluding carboxylic acids is 1. The Bertz CT molecular complexity index is 1280. The number of nitrogens with one attached hydrogen (secondary N) is 1. The van der Waals surface area contributed by atoms with E-state index in [9.17, 15) is 36.6 Å². The monoisotopic (exact) mass is 465 g/mol. The summed E-state index contributed by atoms with van der Waals surface area (Å²) in [5.74, 6) is -4.32. The molecule has 1 aromatic heterocycles. The highest BCUT2D eigenvalue weighted by Crippen LogP contribution is 2.50. The first-order chi connectivity index (χ1) is 15.4. The lowest BCUT2D eigenvalue weighted by Gasteiger charge is -2.18. The van der Waals surface area contributed by atoms with Gasteiger partial charge in [0, 0.05) is 35.6 Å². The topological polar surface area (TPSA) is 84.2 Å². The molecule has 2 aromatic carbocycles. The van der Waals surface area contributed by atoms with Crippen molar-refractivity contribution in [2.45, 2.75) is 24.4 Å². The number of amides is 1. The molecule has 3 aromatic rings. The molecule has 1 fully saturated rings.